The fourth-order valence-corrected chi connectivity index (χ4v) is 2.60. The Morgan fingerprint density at radius 3 is 3.12 bits per heavy atom. The summed E-state index contributed by atoms with van der Waals surface area (Å²) in [6, 6.07) is -0.0423. The van der Waals surface area contributed by atoms with Gasteiger partial charge in [0.05, 0.1) is 6.10 Å². The van der Waals surface area contributed by atoms with Crippen molar-refractivity contribution in [3.05, 3.63) is 0 Å². The van der Waals surface area contributed by atoms with Gasteiger partial charge in [-0.2, -0.15) is 0 Å². The summed E-state index contributed by atoms with van der Waals surface area (Å²) in [7, 11) is 1.70. The summed E-state index contributed by atoms with van der Waals surface area (Å²) in [5, 5.41) is 6.01. The molecule has 2 saturated heterocycles. The van der Waals surface area contributed by atoms with Crippen molar-refractivity contribution in [3.8, 4) is 0 Å². The molecule has 5 heteroatoms. The lowest BCUT2D eigenvalue weighted by Crippen LogP contribution is -2.59. The standard InChI is InChI=1S/C12H23N3O2/c1-13-12(16)11-8-14-5-6-15(11)9-10-4-2-3-7-17-10/h10-11,14H,2-9H2,1H3,(H,13,16). The molecular weight excluding hydrogens is 218 g/mol. The maximum Gasteiger partial charge on any atom is 0.238 e. The van der Waals surface area contributed by atoms with Gasteiger partial charge in [0.2, 0.25) is 5.91 Å². The van der Waals surface area contributed by atoms with E-state index in [9.17, 15) is 4.79 Å². The Kier molecular flexibility index (Phi) is 4.76. The van der Waals surface area contributed by atoms with Crippen LogP contribution in [0.3, 0.4) is 0 Å². The molecule has 2 N–H and O–H groups in total. The van der Waals surface area contributed by atoms with Gasteiger partial charge in [0, 0.05) is 39.8 Å². The summed E-state index contributed by atoms with van der Waals surface area (Å²) in [5.41, 5.74) is 0. The summed E-state index contributed by atoms with van der Waals surface area (Å²) in [5.74, 6) is 0.105. The second-order valence-electron chi connectivity index (χ2n) is 4.82. The lowest BCUT2D eigenvalue weighted by atomic mass is 10.1. The van der Waals surface area contributed by atoms with Gasteiger partial charge in [0.15, 0.2) is 0 Å². The lowest BCUT2D eigenvalue weighted by Gasteiger charge is -2.37. The minimum Gasteiger partial charge on any atom is -0.377 e. The van der Waals surface area contributed by atoms with E-state index in [0.717, 1.165) is 39.2 Å². The molecule has 2 aliphatic heterocycles. The largest absolute Gasteiger partial charge is 0.377 e. The average molecular weight is 241 g/mol. The number of ether oxygens (including phenoxy) is 1. The smallest absolute Gasteiger partial charge is 0.238 e. The zero-order chi connectivity index (χ0) is 12.1. The molecule has 0 bridgehead atoms. The number of amides is 1. The molecule has 0 aromatic heterocycles. The molecular formula is C12H23N3O2. The van der Waals surface area contributed by atoms with E-state index in [4.69, 9.17) is 4.74 Å². The molecule has 5 nitrogen and oxygen atoms in total. The van der Waals surface area contributed by atoms with Crippen LogP contribution in [0, 0.1) is 0 Å². The molecule has 2 heterocycles. The molecule has 2 atom stereocenters. The van der Waals surface area contributed by atoms with Gasteiger partial charge in [-0.15, -0.1) is 0 Å². The molecule has 1 amide bonds. The van der Waals surface area contributed by atoms with Gasteiger partial charge in [0.1, 0.15) is 6.04 Å². The van der Waals surface area contributed by atoms with Gasteiger partial charge < -0.3 is 15.4 Å². The van der Waals surface area contributed by atoms with E-state index in [2.05, 4.69) is 15.5 Å². The van der Waals surface area contributed by atoms with E-state index in [1.54, 1.807) is 7.05 Å². The molecule has 2 unspecified atom stereocenters. The Labute approximate surface area is 103 Å². The predicted octanol–water partition coefficient (Wildman–Crippen LogP) is -0.425. The highest BCUT2D eigenvalue weighted by molar-refractivity contribution is 5.81. The van der Waals surface area contributed by atoms with Gasteiger partial charge in [0.25, 0.3) is 0 Å². The number of carbonyl (C=O) groups is 1. The third-order valence-electron chi connectivity index (χ3n) is 3.62. The SMILES string of the molecule is CNC(=O)C1CNCCN1CC1CCCCO1. The molecule has 17 heavy (non-hydrogen) atoms. The van der Waals surface area contributed by atoms with Crippen LogP contribution in [0.4, 0.5) is 0 Å². The van der Waals surface area contributed by atoms with Gasteiger partial charge in [-0.3, -0.25) is 9.69 Å². The zero-order valence-electron chi connectivity index (χ0n) is 10.6. The van der Waals surface area contributed by atoms with Crippen LogP contribution in [0.2, 0.25) is 0 Å². The van der Waals surface area contributed by atoms with Crippen LogP contribution in [0.25, 0.3) is 0 Å². The number of piperazine rings is 1. The van der Waals surface area contributed by atoms with Crippen molar-refractivity contribution in [1.29, 1.82) is 0 Å². The van der Waals surface area contributed by atoms with Crippen molar-refractivity contribution in [1.82, 2.24) is 15.5 Å². The minimum atomic E-state index is -0.0423. The summed E-state index contributed by atoms with van der Waals surface area (Å²) >= 11 is 0. The number of nitrogens with zero attached hydrogens (tertiary/aromatic N) is 1. The van der Waals surface area contributed by atoms with Crippen molar-refractivity contribution >= 4 is 5.91 Å². The van der Waals surface area contributed by atoms with E-state index < -0.39 is 0 Å². The molecule has 0 saturated carbocycles. The van der Waals surface area contributed by atoms with Crippen LogP contribution in [0.1, 0.15) is 19.3 Å². The third-order valence-corrected chi connectivity index (χ3v) is 3.62. The monoisotopic (exact) mass is 241 g/mol. The Bertz CT molecular complexity index is 254. The Morgan fingerprint density at radius 2 is 2.41 bits per heavy atom. The average Bonchev–Trinajstić information content (AvgIpc) is 2.40. The number of likely N-dealkylation sites (N-methyl/N-ethyl adjacent to an activating group) is 1. The Morgan fingerprint density at radius 1 is 1.53 bits per heavy atom. The highest BCUT2D eigenvalue weighted by Gasteiger charge is 2.30. The lowest BCUT2D eigenvalue weighted by molar-refractivity contribution is -0.127. The molecule has 2 rings (SSSR count). The predicted molar refractivity (Wildman–Crippen MR) is 65.9 cm³/mol. The maximum absolute atomic E-state index is 11.8. The first-order chi connectivity index (χ1) is 8.31. The van der Waals surface area contributed by atoms with Crippen LogP contribution in [-0.2, 0) is 9.53 Å². The number of hydrogen-bond acceptors (Lipinski definition) is 4. The van der Waals surface area contributed by atoms with Crippen LogP contribution in [0.5, 0.6) is 0 Å². The van der Waals surface area contributed by atoms with E-state index in [0.29, 0.717) is 6.10 Å². The summed E-state index contributed by atoms with van der Waals surface area (Å²) in [6.45, 7) is 4.39. The van der Waals surface area contributed by atoms with Crippen LogP contribution < -0.4 is 10.6 Å². The van der Waals surface area contributed by atoms with Gasteiger partial charge in [-0.25, -0.2) is 0 Å². The first-order valence-corrected chi connectivity index (χ1v) is 6.59. The first kappa shape index (κ1) is 12.8. The Balaban J connectivity index is 1.88. The van der Waals surface area contributed by atoms with Crippen LogP contribution >= 0.6 is 0 Å². The molecule has 0 aliphatic carbocycles. The van der Waals surface area contributed by atoms with Crippen molar-refractivity contribution in [3.63, 3.8) is 0 Å². The number of nitrogens with one attached hydrogen (secondary N) is 2. The van der Waals surface area contributed by atoms with Gasteiger partial charge in [-0.05, 0) is 19.3 Å². The second-order valence-corrected chi connectivity index (χ2v) is 4.82. The highest BCUT2D eigenvalue weighted by atomic mass is 16.5. The molecule has 0 radical (unpaired) electrons. The first-order valence-electron chi connectivity index (χ1n) is 6.59. The van der Waals surface area contributed by atoms with E-state index in [-0.39, 0.29) is 11.9 Å². The third kappa shape index (κ3) is 3.40. The quantitative estimate of drug-likeness (QED) is 0.704. The summed E-state index contributed by atoms with van der Waals surface area (Å²) < 4.78 is 5.75. The van der Waals surface area contributed by atoms with Crippen LogP contribution in [-0.4, -0.2) is 62.8 Å². The normalized spacial score (nSPS) is 31.1. The van der Waals surface area contributed by atoms with Crippen molar-refractivity contribution in [2.75, 3.05) is 39.8 Å². The van der Waals surface area contributed by atoms with E-state index in [1.807, 2.05) is 0 Å². The fourth-order valence-electron chi connectivity index (χ4n) is 2.60. The number of rotatable bonds is 3. The summed E-state index contributed by atoms with van der Waals surface area (Å²) in [4.78, 5) is 14.0. The van der Waals surface area contributed by atoms with Crippen molar-refractivity contribution in [2.45, 2.75) is 31.4 Å². The summed E-state index contributed by atoms with van der Waals surface area (Å²) in [6.07, 6.45) is 3.87. The molecule has 0 aromatic carbocycles. The van der Waals surface area contributed by atoms with Crippen molar-refractivity contribution < 1.29 is 9.53 Å². The van der Waals surface area contributed by atoms with Crippen molar-refractivity contribution in [2.24, 2.45) is 0 Å². The molecule has 0 spiro atoms. The molecule has 2 fully saturated rings. The topological polar surface area (TPSA) is 53.6 Å². The zero-order valence-corrected chi connectivity index (χ0v) is 10.6. The fraction of sp³-hybridized carbons (Fsp3) is 0.917. The highest BCUT2D eigenvalue weighted by Crippen LogP contribution is 2.15. The van der Waals surface area contributed by atoms with Gasteiger partial charge in [-0.1, -0.05) is 0 Å². The minimum absolute atomic E-state index is 0.0423. The van der Waals surface area contributed by atoms with E-state index >= 15 is 0 Å². The molecule has 98 valence electrons. The number of hydrogen-bond donors (Lipinski definition) is 2. The second kappa shape index (κ2) is 6.33. The molecule has 2 aliphatic rings. The van der Waals surface area contributed by atoms with Crippen LogP contribution in [0.15, 0.2) is 0 Å². The Hall–Kier alpha value is -0.650. The number of carbonyl (C=O) groups excluding carboxylic acids is 1. The van der Waals surface area contributed by atoms with E-state index in [1.165, 1.54) is 12.8 Å². The maximum atomic E-state index is 11.8. The molecule has 0 aromatic rings. The van der Waals surface area contributed by atoms with Gasteiger partial charge >= 0.3 is 0 Å².